The van der Waals surface area contributed by atoms with E-state index in [9.17, 15) is 4.79 Å². The average Bonchev–Trinajstić information content (AvgIpc) is 2.94. The van der Waals surface area contributed by atoms with Crippen LogP contribution in [-0.2, 0) is 6.61 Å². The van der Waals surface area contributed by atoms with Gasteiger partial charge in [0.1, 0.15) is 6.61 Å². The number of methoxy groups -OCH3 is 1. The molecule has 0 amide bonds. The number of rotatable bonds is 6. The molecular weight excluding hydrogens is 292 g/mol. The Balaban J connectivity index is 2.20. The normalized spacial score (nSPS) is 10.7. The number of ether oxygens (including phenoxy) is 2. The number of benzene rings is 1. The van der Waals surface area contributed by atoms with Crippen LogP contribution in [0.4, 0.5) is 0 Å². The third-order valence-electron chi connectivity index (χ3n) is 2.95. The molecule has 5 nitrogen and oxygen atoms in total. The fraction of sp³-hybridized carbons (Fsp3) is 0.333. The van der Waals surface area contributed by atoms with Crippen molar-refractivity contribution < 1.29 is 14.3 Å². The van der Waals surface area contributed by atoms with Gasteiger partial charge in [0.15, 0.2) is 17.8 Å². The molecule has 1 aromatic heterocycles. The molecule has 0 aliphatic rings. The van der Waals surface area contributed by atoms with Gasteiger partial charge in [0.05, 0.1) is 18.4 Å². The highest BCUT2D eigenvalue weighted by Gasteiger charge is 2.13. The zero-order valence-electron chi connectivity index (χ0n) is 12.2. The number of aromatic nitrogens is 2. The van der Waals surface area contributed by atoms with E-state index in [0.29, 0.717) is 28.4 Å². The van der Waals surface area contributed by atoms with Crippen LogP contribution in [-0.4, -0.2) is 23.2 Å². The lowest BCUT2D eigenvalue weighted by molar-refractivity contribution is 0.111. The van der Waals surface area contributed by atoms with Gasteiger partial charge in [-0.2, -0.15) is 5.10 Å². The molecule has 0 N–H and O–H groups in total. The van der Waals surface area contributed by atoms with Crippen molar-refractivity contribution in [3.8, 4) is 11.5 Å². The Bertz CT molecular complexity index is 638. The van der Waals surface area contributed by atoms with Crippen LogP contribution in [0.1, 0.15) is 35.9 Å². The van der Waals surface area contributed by atoms with Crippen molar-refractivity contribution in [3.05, 3.63) is 40.7 Å². The molecule has 0 unspecified atom stereocenters. The van der Waals surface area contributed by atoms with Crippen LogP contribution < -0.4 is 9.47 Å². The lowest BCUT2D eigenvalue weighted by atomic mass is 10.2. The topological polar surface area (TPSA) is 53.4 Å². The number of carbonyl (C=O) groups excluding carboxylic acids is 1. The minimum absolute atomic E-state index is 0.249. The van der Waals surface area contributed by atoms with E-state index in [1.165, 1.54) is 7.11 Å². The highest BCUT2D eigenvalue weighted by atomic mass is 35.5. The molecule has 0 radical (unpaired) electrons. The van der Waals surface area contributed by atoms with E-state index < -0.39 is 0 Å². The molecule has 1 aromatic carbocycles. The standard InChI is InChI=1S/C15H17ClN2O3/c1-10(2)18-5-4-13(17-18)9-21-15-11(8-19)6-12(16)7-14(15)20-3/h4-8,10H,9H2,1-3H3. The second kappa shape index (κ2) is 6.63. The van der Waals surface area contributed by atoms with Gasteiger partial charge in [0.2, 0.25) is 0 Å². The number of aldehydes is 1. The van der Waals surface area contributed by atoms with Gasteiger partial charge in [-0.25, -0.2) is 0 Å². The highest BCUT2D eigenvalue weighted by Crippen LogP contribution is 2.34. The van der Waals surface area contributed by atoms with Crippen molar-refractivity contribution in [3.63, 3.8) is 0 Å². The van der Waals surface area contributed by atoms with E-state index in [4.69, 9.17) is 21.1 Å². The smallest absolute Gasteiger partial charge is 0.172 e. The molecule has 0 spiro atoms. The molecule has 0 aliphatic heterocycles. The Morgan fingerprint density at radius 1 is 1.43 bits per heavy atom. The summed E-state index contributed by atoms with van der Waals surface area (Å²) in [6, 6.07) is 5.31. The number of hydrogen-bond donors (Lipinski definition) is 0. The van der Waals surface area contributed by atoms with Crippen molar-refractivity contribution >= 4 is 17.9 Å². The summed E-state index contributed by atoms with van der Waals surface area (Å²) in [7, 11) is 1.50. The molecule has 21 heavy (non-hydrogen) atoms. The molecule has 2 rings (SSSR count). The summed E-state index contributed by atoms with van der Waals surface area (Å²) in [4.78, 5) is 11.1. The second-order valence-electron chi connectivity index (χ2n) is 4.81. The predicted molar refractivity (Wildman–Crippen MR) is 80.3 cm³/mol. The molecule has 112 valence electrons. The molecule has 0 saturated heterocycles. The van der Waals surface area contributed by atoms with Gasteiger partial charge in [-0.3, -0.25) is 9.48 Å². The molecule has 0 bridgehead atoms. The first-order chi connectivity index (χ1) is 10.0. The third-order valence-corrected chi connectivity index (χ3v) is 3.17. The molecule has 6 heteroatoms. The summed E-state index contributed by atoms with van der Waals surface area (Å²) in [5, 5.41) is 4.81. The van der Waals surface area contributed by atoms with Gasteiger partial charge in [0, 0.05) is 23.3 Å². The molecule has 0 fully saturated rings. The van der Waals surface area contributed by atoms with Gasteiger partial charge in [-0.1, -0.05) is 11.6 Å². The van der Waals surface area contributed by atoms with E-state index in [2.05, 4.69) is 5.10 Å². The number of carbonyl (C=O) groups is 1. The van der Waals surface area contributed by atoms with Gasteiger partial charge in [-0.15, -0.1) is 0 Å². The van der Waals surface area contributed by atoms with Crippen molar-refractivity contribution in [1.82, 2.24) is 9.78 Å². The summed E-state index contributed by atoms with van der Waals surface area (Å²) in [5.41, 5.74) is 1.13. The lowest BCUT2D eigenvalue weighted by Crippen LogP contribution is -2.04. The van der Waals surface area contributed by atoms with Crippen molar-refractivity contribution in [2.24, 2.45) is 0 Å². The summed E-state index contributed by atoms with van der Waals surface area (Å²) in [5.74, 6) is 0.795. The summed E-state index contributed by atoms with van der Waals surface area (Å²) < 4.78 is 12.7. The van der Waals surface area contributed by atoms with E-state index >= 15 is 0 Å². The third kappa shape index (κ3) is 3.55. The molecule has 0 aliphatic carbocycles. The van der Waals surface area contributed by atoms with Gasteiger partial charge in [0.25, 0.3) is 0 Å². The monoisotopic (exact) mass is 308 g/mol. The quantitative estimate of drug-likeness (QED) is 0.766. The lowest BCUT2D eigenvalue weighted by Gasteiger charge is -2.12. The molecule has 0 saturated carbocycles. The van der Waals surface area contributed by atoms with E-state index in [0.717, 1.165) is 5.69 Å². The fourth-order valence-electron chi connectivity index (χ4n) is 1.87. The maximum absolute atomic E-state index is 11.1. The van der Waals surface area contributed by atoms with Crippen LogP contribution in [0.15, 0.2) is 24.4 Å². The Morgan fingerprint density at radius 3 is 2.76 bits per heavy atom. The largest absolute Gasteiger partial charge is 0.493 e. The Labute approximate surface area is 128 Å². The predicted octanol–water partition coefficient (Wildman–Crippen LogP) is 3.52. The average molecular weight is 309 g/mol. The minimum Gasteiger partial charge on any atom is -0.493 e. The van der Waals surface area contributed by atoms with Crippen molar-refractivity contribution in [1.29, 1.82) is 0 Å². The van der Waals surface area contributed by atoms with Crippen LogP contribution in [0, 0.1) is 0 Å². The van der Waals surface area contributed by atoms with Crippen LogP contribution in [0.5, 0.6) is 11.5 Å². The number of hydrogen-bond acceptors (Lipinski definition) is 4. The summed E-state index contributed by atoms with van der Waals surface area (Å²) >= 11 is 5.92. The molecule has 2 aromatic rings. The maximum atomic E-state index is 11.1. The van der Waals surface area contributed by atoms with Crippen molar-refractivity contribution in [2.75, 3.05) is 7.11 Å². The first-order valence-corrected chi connectivity index (χ1v) is 6.92. The van der Waals surface area contributed by atoms with Crippen LogP contribution >= 0.6 is 11.6 Å². The Hall–Kier alpha value is -2.01. The second-order valence-corrected chi connectivity index (χ2v) is 5.25. The highest BCUT2D eigenvalue weighted by molar-refractivity contribution is 6.31. The number of halogens is 1. The fourth-order valence-corrected chi connectivity index (χ4v) is 2.09. The van der Waals surface area contributed by atoms with Gasteiger partial charge < -0.3 is 9.47 Å². The SMILES string of the molecule is COc1cc(Cl)cc(C=O)c1OCc1ccn(C(C)C)n1. The Kier molecular flexibility index (Phi) is 4.85. The van der Waals surface area contributed by atoms with Gasteiger partial charge >= 0.3 is 0 Å². The summed E-state index contributed by atoms with van der Waals surface area (Å²) in [6.07, 6.45) is 2.58. The number of nitrogens with zero attached hydrogens (tertiary/aromatic N) is 2. The van der Waals surface area contributed by atoms with E-state index in [1.54, 1.807) is 12.1 Å². The van der Waals surface area contributed by atoms with Crippen LogP contribution in [0.25, 0.3) is 0 Å². The zero-order valence-corrected chi connectivity index (χ0v) is 12.9. The Morgan fingerprint density at radius 2 is 2.19 bits per heavy atom. The summed E-state index contributed by atoms with van der Waals surface area (Å²) in [6.45, 7) is 4.34. The van der Waals surface area contributed by atoms with Crippen LogP contribution in [0.2, 0.25) is 5.02 Å². The minimum atomic E-state index is 0.249. The first-order valence-electron chi connectivity index (χ1n) is 6.54. The molecule has 1 heterocycles. The maximum Gasteiger partial charge on any atom is 0.172 e. The van der Waals surface area contributed by atoms with Crippen molar-refractivity contribution in [2.45, 2.75) is 26.5 Å². The van der Waals surface area contributed by atoms with E-state index in [1.807, 2.05) is 30.8 Å². The molecular formula is C15H17ClN2O3. The van der Waals surface area contributed by atoms with Crippen LogP contribution in [0.3, 0.4) is 0 Å². The zero-order chi connectivity index (χ0) is 15.4. The van der Waals surface area contributed by atoms with E-state index in [-0.39, 0.29) is 12.6 Å². The first kappa shape index (κ1) is 15.4. The van der Waals surface area contributed by atoms with Gasteiger partial charge in [-0.05, 0) is 26.0 Å². The molecule has 0 atom stereocenters.